The molecular weight excluding hydrogens is 388 g/mol. The van der Waals surface area contributed by atoms with Crippen molar-refractivity contribution in [3.8, 4) is 23.0 Å². The van der Waals surface area contributed by atoms with Crippen molar-refractivity contribution < 1.29 is 14.1 Å². The molecule has 29 heavy (non-hydrogen) atoms. The third-order valence-electron chi connectivity index (χ3n) is 4.11. The molecule has 2 amide bonds. The van der Waals surface area contributed by atoms with Crippen molar-refractivity contribution in [2.24, 2.45) is 0 Å². The van der Waals surface area contributed by atoms with Crippen LogP contribution in [0.4, 0.5) is 5.69 Å². The third-order valence-corrected chi connectivity index (χ3v) is 4.98. The summed E-state index contributed by atoms with van der Waals surface area (Å²) in [5, 5.41) is 8.63. The van der Waals surface area contributed by atoms with Crippen molar-refractivity contribution in [3.63, 3.8) is 0 Å². The molecular formula is C21H20N4O3S. The Kier molecular flexibility index (Phi) is 6.76. The van der Waals surface area contributed by atoms with Gasteiger partial charge in [-0.25, -0.2) is 0 Å². The minimum atomic E-state index is -0.285. The molecule has 0 aliphatic rings. The topological polar surface area (TPSA) is 88.3 Å². The Balaban J connectivity index is 1.42. The average Bonchev–Trinajstić information content (AvgIpc) is 3.39. The van der Waals surface area contributed by atoms with Gasteiger partial charge in [-0.05, 0) is 36.1 Å². The maximum absolute atomic E-state index is 12.3. The number of aromatic nitrogens is 2. The van der Waals surface area contributed by atoms with Crippen LogP contribution in [0.15, 0.2) is 46.3 Å². The number of amides is 2. The van der Waals surface area contributed by atoms with Gasteiger partial charge in [0.15, 0.2) is 0 Å². The number of aryl methyl sites for hydroxylation is 1. The summed E-state index contributed by atoms with van der Waals surface area (Å²) in [5.41, 5.74) is 1.28. The Hall–Kier alpha value is -3.44. The Morgan fingerprint density at radius 1 is 1.31 bits per heavy atom. The quantitative estimate of drug-likeness (QED) is 0.578. The number of thiophene rings is 1. The van der Waals surface area contributed by atoms with E-state index in [9.17, 15) is 9.59 Å². The smallest absolute Gasteiger partial charge is 0.243 e. The van der Waals surface area contributed by atoms with Crippen molar-refractivity contribution in [2.45, 2.75) is 19.3 Å². The predicted molar refractivity (Wildman–Crippen MR) is 111 cm³/mol. The van der Waals surface area contributed by atoms with Crippen LogP contribution in [0.5, 0.6) is 0 Å². The molecule has 0 radical (unpaired) electrons. The van der Waals surface area contributed by atoms with E-state index < -0.39 is 0 Å². The minimum absolute atomic E-state index is 0.0395. The Morgan fingerprint density at radius 2 is 2.17 bits per heavy atom. The van der Waals surface area contributed by atoms with Crippen molar-refractivity contribution >= 4 is 28.8 Å². The summed E-state index contributed by atoms with van der Waals surface area (Å²) in [4.78, 5) is 31.1. The molecule has 0 aliphatic carbocycles. The maximum Gasteiger partial charge on any atom is 0.243 e. The number of nitrogens with one attached hydrogen (secondary N) is 1. The Bertz CT molecular complexity index is 1020. The summed E-state index contributed by atoms with van der Waals surface area (Å²) in [5.74, 6) is 3.15. The first kappa shape index (κ1) is 20.3. The fraction of sp³-hybridized carbons (Fsp3) is 0.238. The summed E-state index contributed by atoms with van der Waals surface area (Å²) >= 11 is 1.54. The second-order valence-corrected chi connectivity index (χ2v) is 7.31. The molecule has 2 aromatic heterocycles. The molecule has 0 atom stereocenters. The zero-order valence-corrected chi connectivity index (χ0v) is 16.7. The molecule has 148 valence electrons. The summed E-state index contributed by atoms with van der Waals surface area (Å²) < 4.78 is 5.22. The van der Waals surface area contributed by atoms with Crippen LogP contribution in [0.25, 0.3) is 10.7 Å². The van der Waals surface area contributed by atoms with E-state index in [-0.39, 0.29) is 24.8 Å². The molecule has 3 aromatic rings. The van der Waals surface area contributed by atoms with Crippen LogP contribution < -0.4 is 5.32 Å². The number of likely N-dealkylation sites (N-methyl/N-ethyl adjacent to an activating group) is 1. The highest BCUT2D eigenvalue weighted by atomic mass is 32.1. The largest absolute Gasteiger partial charge is 0.339 e. The first-order chi connectivity index (χ1) is 14.0. The first-order valence-corrected chi connectivity index (χ1v) is 9.90. The molecule has 8 heteroatoms. The van der Waals surface area contributed by atoms with Crippen molar-refractivity contribution in [3.05, 3.63) is 53.2 Å². The van der Waals surface area contributed by atoms with Gasteiger partial charge in [0.05, 0.1) is 11.4 Å². The van der Waals surface area contributed by atoms with Crippen LogP contribution in [0.2, 0.25) is 0 Å². The van der Waals surface area contributed by atoms with Crippen LogP contribution in [0, 0.1) is 12.3 Å². The lowest BCUT2D eigenvalue weighted by atomic mass is 10.2. The number of benzene rings is 1. The van der Waals surface area contributed by atoms with Gasteiger partial charge in [-0.2, -0.15) is 4.98 Å². The molecule has 0 aliphatic heterocycles. The Morgan fingerprint density at radius 3 is 2.93 bits per heavy atom. The number of carbonyl (C=O) groups excluding carboxylic acids is 2. The molecule has 0 saturated carbocycles. The second kappa shape index (κ2) is 9.66. The standard InChI is InChI=1S/C21H20N4O3S/c1-3-15-7-4-8-16(13-15)22-18(26)14-25(2)20(27)11-5-10-19-23-21(24-28-19)17-9-6-12-29-17/h1,4,6-9,12-13H,5,10-11,14H2,2H3,(H,22,26). The number of hydrogen-bond acceptors (Lipinski definition) is 6. The van der Waals surface area contributed by atoms with E-state index in [0.29, 0.717) is 35.8 Å². The highest BCUT2D eigenvalue weighted by Crippen LogP contribution is 2.21. The molecule has 0 unspecified atom stereocenters. The number of nitrogens with zero attached hydrogens (tertiary/aromatic N) is 3. The summed E-state index contributed by atoms with van der Waals surface area (Å²) in [6, 6.07) is 10.8. The summed E-state index contributed by atoms with van der Waals surface area (Å²) in [7, 11) is 1.60. The molecule has 7 nitrogen and oxygen atoms in total. The van der Waals surface area contributed by atoms with Gasteiger partial charge < -0.3 is 14.7 Å². The number of rotatable bonds is 8. The van der Waals surface area contributed by atoms with Gasteiger partial charge in [0, 0.05) is 31.1 Å². The molecule has 1 aromatic carbocycles. The normalized spacial score (nSPS) is 10.3. The fourth-order valence-corrected chi connectivity index (χ4v) is 3.28. The minimum Gasteiger partial charge on any atom is -0.339 e. The van der Waals surface area contributed by atoms with Crippen LogP contribution >= 0.6 is 11.3 Å². The maximum atomic E-state index is 12.3. The van der Waals surface area contributed by atoms with Gasteiger partial charge in [0.1, 0.15) is 0 Å². The fourth-order valence-electron chi connectivity index (χ4n) is 2.63. The van der Waals surface area contributed by atoms with Gasteiger partial charge in [-0.3, -0.25) is 9.59 Å². The molecule has 1 N–H and O–H groups in total. The zero-order chi connectivity index (χ0) is 20.6. The van der Waals surface area contributed by atoms with E-state index in [1.807, 2.05) is 17.5 Å². The molecule has 0 fully saturated rings. The van der Waals surface area contributed by atoms with Gasteiger partial charge in [0.2, 0.25) is 23.5 Å². The van der Waals surface area contributed by atoms with E-state index in [1.165, 1.54) is 16.2 Å². The van der Waals surface area contributed by atoms with E-state index >= 15 is 0 Å². The van der Waals surface area contributed by atoms with E-state index in [0.717, 1.165) is 4.88 Å². The first-order valence-electron chi connectivity index (χ1n) is 9.02. The molecule has 0 spiro atoms. The summed E-state index contributed by atoms with van der Waals surface area (Å²) in [6.45, 7) is -0.0395. The van der Waals surface area contributed by atoms with Crippen molar-refractivity contribution in [1.82, 2.24) is 15.0 Å². The van der Waals surface area contributed by atoms with E-state index in [4.69, 9.17) is 10.9 Å². The number of carbonyl (C=O) groups is 2. The lowest BCUT2D eigenvalue weighted by Gasteiger charge is -2.16. The highest BCUT2D eigenvalue weighted by Gasteiger charge is 2.14. The van der Waals surface area contributed by atoms with Crippen LogP contribution in [-0.2, 0) is 16.0 Å². The van der Waals surface area contributed by atoms with Gasteiger partial charge in [-0.1, -0.05) is 23.2 Å². The third kappa shape index (κ3) is 5.77. The number of anilines is 1. The van der Waals surface area contributed by atoms with Crippen LogP contribution in [0.3, 0.4) is 0 Å². The molecule has 0 saturated heterocycles. The van der Waals surface area contributed by atoms with Crippen LogP contribution in [-0.4, -0.2) is 40.4 Å². The van der Waals surface area contributed by atoms with Gasteiger partial charge in [0.25, 0.3) is 0 Å². The van der Waals surface area contributed by atoms with Crippen molar-refractivity contribution in [2.75, 3.05) is 18.9 Å². The van der Waals surface area contributed by atoms with Gasteiger partial charge >= 0.3 is 0 Å². The molecule has 2 heterocycles. The molecule has 3 rings (SSSR count). The zero-order valence-electron chi connectivity index (χ0n) is 15.9. The predicted octanol–water partition coefficient (Wildman–Crippen LogP) is 3.20. The molecule has 0 bridgehead atoms. The number of terminal acetylenes is 1. The average molecular weight is 408 g/mol. The lowest BCUT2D eigenvalue weighted by molar-refractivity contribution is -0.133. The van der Waals surface area contributed by atoms with E-state index in [2.05, 4.69) is 21.4 Å². The van der Waals surface area contributed by atoms with Crippen LogP contribution in [0.1, 0.15) is 24.3 Å². The van der Waals surface area contributed by atoms with Crippen molar-refractivity contribution in [1.29, 1.82) is 0 Å². The summed E-state index contributed by atoms with van der Waals surface area (Å²) in [6.07, 6.45) is 6.70. The highest BCUT2D eigenvalue weighted by molar-refractivity contribution is 7.13. The SMILES string of the molecule is C#Cc1cccc(NC(=O)CN(C)C(=O)CCCc2nc(-c3cccs3)no2)c1. The second-order valence-electron chi connectivity index (χ2n) is 6.37. The monoisotopic (exact) mass is 408 g/mol. The van der Waals surface area contributed by atoms with E-state index in [1.54, 1.807) is 31.3 Å². The Labute approximate surface area is 172 Å². The lowest BCUT2D eigenvalue weighted by Crippen LogP contribution is -2.34. The van der Waals surface area contributed by atoms with Gasteiger partial charge in [-0.15, -0.1) is 17.8 Å². The number of hydrogen-bond donors (Lipinski definition) is 1.